The Morgan fingerprint density at radius 2 is 1.93 bits per heavy atom. The fourth-order valence-corrected chi connectivity index (χ4v) is 3.97. The third-order valence-electron chi connectivity index (χ3n) is 5.09. The third kappa shape index (κ3) is 5.35. The molecule has 2 aromatic rings. The number of aliphatic hydroxyl groups is 1. The van der Waals surface area contributed by atoms with Crippen LogP contribution in [-0.4, -0.2) is 34.4 Å². The van der Waals surface area contributed by atoms with Crippen molar-refractivity contribution in [2.45, 2.75) is 38.1 Å². The van der Waals surface area contributed by atoms with Gasteiger partial charge in [0.2, 0.25) is 5.91 Å². The molecule has 1 aliphatic heterocycles. The van der Waals surface area contributed by atoms with Crippen LogP contribution in [0.15, 0.2) is 42.5 Å². The van der Waals surface area contributed by atoms with Crippen LogP contribution in [0.1, 0.15) is 35.6 Å². The molecule has 2 atom stereocenters. The van der Waals surface area contributed by atoms with E-state index in [1.54, 1.807) is 24.3 Å². The molecule has 0 radical (unpaired) electrons. The number of carbonyl (C=O) groups excluding carboxylic acids is 2. The van der Waals surface area contributed by atoms with Gasteiger partial charge in [-0.05, 0) is 60.3 Å². The number of likely N-dealkylation sites (tertiary alicyclic amines) is 1. The lowest BCUT2D eigenvalue weighted by atomic mass is 10.1. The number of nitrogens with one attached hydrogen (secondary N) is 1. The Morgan fingerprint density at radius 1 is 1.17 bits per heavy atom. The number of carbonyl (C=O) groups is 2. The summed E-state index contributed by atoms with van der Waals surface area (Å²) in [4.78, 5) is 27.1. The predicted molar refractivity (Wildman–Crippen MR) is 112 cm³/mol. The zero-order chi connectivity index (χ0) is 21.0. The van der Waals surface area contributed by atoms with E-state index in [0.29, 0.717) is 35.1 Å². The average Bonchev–Trinajstić information content (AvgIpc) is 3.16. The van der Waals surface area contributed by atoms with E-state index >= 15 is 0 Å². The lowest BCUT2D eigenvalue weighted by Gasteiger charge is -2.25. The first-order chi connectivity index (χ1) is 13.9. The van der Waals surface area contributed by atoms with E-state index in [-0.39, 0.29) is 0 Å². The van der Waals surface area contributed by atoms with Gasteiger partial charge in [0, 0.05) is 23.1 Å². The molecule has 0 aromatic heterocycles. The minimum atomic E-state index is -1.47. The molecule has 1 saturated heterocycles. The van der Waals surface area contributed by atoms with Crippen molar-refractivity contribution in [2.75, 3.05) is 6.54 Å². The topological polar surface area (TPSA) is 95.7 Å². The van der Waals surface area contributed by atoms with Gasteiger partial charge in [0.15, 0.2) is 6.10 Å². The van der Waals surface area contributed by atoms with Crippen molar-refractivity contribution >= 4 is 35.0 Å². The largest absolute Gasteiger partial charge is 0.378 e. The van der Waals surface area contributed by atoms with Gasteiger partial charge in [-0.15, -0.1) is 0 Å². The van der Waals surface area contributed by atoms with Crippen molar-refractivity contribution in [1.82, 2.24) is 10.2 Å². The van der Waals surface area contributed by atoms with Gasteiger partial charge >= 0.3 is 0 Å². The van der Waals surface area contributed by atoms with Crippen molar-refractivity contribution in [3.63, 3.8) is 0 Å². The summed E-state index contributed by atoms with van der Waals surface area (Å²) in [6, 6.07) is 11.4. The number of halogens is 2. The molecule has 29 heavy (non-hydrogen) atoms. The molecule has 154 valence electrons. The number of aliphatic hydroxyl groups excluding tert-OH is 1. The molecule has 0 unspecified atom stereocenters. The molecule has 2 aromatic carbocycles. The number of rotatable bonds is 6. The second kappa shape index (κ2) is 9.69. The van der Waals surface area contributed by atoms with Gasteiger partial charge in [0.25, 0.3) is 5.91 Å². The molecule has 8 heteroatoms. The quantitative estimate of drug-likeness (QED) is 0.648. The average molecular weight is 436 g/mol. The smallest absolute Gasteiger partial charge is 0.260 e. The van der Waals surface area contributed by atoms with E-state index < -0.39 is 24.0 Å². The molecule has 1 fully saturated rings. The Kier molecular flexibility index (Phi) is 7.27. The highest BCUT2D eigenvalue weighted by atomic mass is 35.5. The Morgan fingerprint density at radius 3 is 2.66 bits per heavy atom. The fraction of sp³-hybridized carbons (Fsp3) is 0.333. The van der Waals surface area contributed by atoms with Crippen LogP contribution in [0, 0.1) is 0 Å². The molecule has 2 amide bonds. The van der Waals surface area contributed by atoms with E-state index in [0.717, 1.165) is 24.1 Å². The molecule has 0 saturated carbocycles. The van der Waals surface area contributed by atoms with E-state index in [1.165, 1.54) is 6.07 Å². The van der Waals surface area contributed by atoms with Crippen molar-refractivity contribution < 1.29 is 14.7 Å². The highest BCUT2D eigenvalue weighted by Gasteiger charge is 2.33. The lowest BCUT2D eigenvalue weighted by Crippen LogP contribution is -2.46. The van der Waals surface area contributed by atoms with Crippen molar-refractivity contribution in [3.05, 3.63) is 69.2 Å². The zero-order valence-corrected chi connectivity index (χ0v) is 17.3. The van der Waals surface area contributed by atoms with Crippen LogP contribution in [0.5, 0.6) is 0 Å². The Labute approximate surface area is 179 Å². The van der Waals surface area contributed by atoms with Gasteiger partial charge in [-0.25, -0.2) is 0 Å². The molecular weight excluding hydrogens is 413 g/mol. The number of nitrogens with zero attached hydrogens (tertiary/aromatic N) is 1. The Balaban J connectivity index is 1.67. The lowest BCUT2D eigenvalue weighted by molar-refractivity contribution is -0.138. The summed E-state index contributed by atoms with van der Waals surface area (Å²) in [5.74, 6) is -1.19. The summed E-state index contributed by atoms with van der Waals surface area (Å²) < 4.78 is 0. The third-order valence-corrected chi connectivity index (χ3v) is 5.56. The number of hydrogen-bond acceptors (Lipinski definition) is 5. The molecular formula is C21H23Cl2N3O3. The van der Waals surface area contributed by atoms with Crippen LogP contribution >= 0.6 is 23.2 Å². The van der Waals surface area contributed by atoms with Crippen LogP contribution in [0.3, 0.4) is 0 Å². The number of nitrogens with two attached hydrogens (primary N) is 1. The van der Waals surface area contributed by atoms with E-state index in [1.807, 2.05) is 17.0 Å². The predicted octanol–water partition coefficient (Wildman–Crippen LogP) is 2.79. The van der Waals surface area contributed by atoms with Gasteiger partial charge in [0.1, 0.15) is 0 Å². The highest BCUT2D eigenvalue weighted by molar-refractivity contribution is 6.31. The first kappa shape index (κ1) is 21.7. The van der Waals surface area contributed by atoms with Crippen LogP contribution in [0.2, 0.25) is 10.0 Å². The van der Waals surface area contributed by atoms with Crippen molar-refractivity contribution in [3.8, 4) is 0 Å². The van der Waals surface area contributed by atoms with Crippen LogP contribution in [0.4, 0.5) is 0 Å². The summed E-state index contributed by atoms with van der Waals surface area (Å²) in [5.41, 5.74) is 8.07. The molecule has 1 aliphatic rings. The molecule has 0 spiro atoms. The minimum absolute atomic E-state index is 0.331. The number of amides is 2. The summed E-state index contributed by atoms with van der Waals surface area (Å²) in [7, 11) is 0. The summed E-state index contributed by atoms with van der Waals surface area (Å²) >= 11 is 12.0. The molecule has 3 rings (SSSR count). The van der Waals surface area contributed by atoms with Crippen molar-refractivity contribution in [2.24, 2.45) is 5.73 Å². The second-order valence-corrected chi connectivity index (χ2v) is 7.93. The maximum Gasteiger partial charge on any atom is 0.260 e. The second-order valence-electron chi connectivity index (χ2n) is 7.06. The molecule has 4 N–H and O–H groups in total. The monoisotopic (exact) mass is 435 g/mol. The first-order valence-corrected chi connectivity index (χ1v) is 10.1. The van der Waals surface area contributed by atoms with E-state index in [9.17, 15) is 14.7 Å². The van der Waals surface area contributed by atoms with Crippen LogP contribution in [0.25, 0.3) is 0 Å². The van der Waals surface area contributed by atoms with Gasteiger partial charge in [-0.1, -0.05) is 41.4 Å². The number of hydrogen-bond donors (Lipinski definition) is 3. The van der Waals surface area contributed by atoms with Crippen molar-refractivity contribution in [1.29, 1.82) is 0 Å². The van der Waals surface area contributed by atoms with Crippen LogP contribution < -0.4 is 11.1 Å². The van der Waals surface area contributed by atoms with Gasteiger partial charge in [-0.3, -0.25) is 19.8 Å². The maximum absolute atomic E-state index is 12.7. The zero-order valence-electron chi connectivity index (χ0n) is 15.8. The Hall–Kier alpha value is -1.96. The molecule has 1 heterocycles. The number of benzene rings is 2. The minimum Gasteiger partial charge on any atom is -0.378 e. The van der Waals surface area contributed by atoms with Gasteiger partial charge in [-0.2, -0.15) is 0 Å². The number of imide groups is 1. The maximum atomic E-state index is 12.7. The normalized spacial score (nSPS) is 17.9. The summed E-state index contributed by atoms with van der Waals surface area (Å²) in [6.45, 7) is 1.61. The summed E-state index contributed by atoms with van der Waals surface area (Å²) in [6.07, 6.45) is -0.00344. The highest BCUT2D eigenvalue weighted by Crippen LogP contribution is 2.24. The molecule has 0 bridgehead atoms. The van der Waals surface area contributed by atoms with Gasteiger partial charge < -0.3 is 10.8 Å². The standard InChI is InChI=1S/C21H23Cl2N3O3/c22-16-4-1-3-13(9-16)19(27)21(29)25-20(28)18-5-2-8-26(18)12-15-10-17(23)7-6-14(15)11-24/h1,3-4,6-7,9-10,18-19,27H,2,5,8,11-12,24H2,(H,25,28,29)/t18-,19+/m0/s1. The van der Waals surface area contributed by atoms with Gasteiger partial charge in [0.05, 0.1) is 6.04 Å². The van der Waals surface area contributed by atoms with E-state index in [2.05, 4.69) is 5.32 Å². The SMILES string of the molecule is NCc1ccc(Cl)cc1CN1CCC[C@H]1C(=O)NC(=O)[C@H](O)c1cccc(Cl)c1. The van der Waals surface area contributed by atoms with E-state index in [4.69, 9.17) is 28.9 Å². The van der Waals surface area contributed by atoms with Crippen LogP contribution in [-0.2, 0) is 22.7 Å². The fourth-order valence-electron chi connectivity index (χ4n) is 3.57. The molecule has 0 aliphatic carbocycles. The first-order valence-electron chi connectivity index (χ1n) is 9.38. The Bertz CT molecular complexity index is 906. The summed E-state index contributed by atoms with van der Waals surface area (Å²) in [5, 5.41) is 13.6. The molecule has 6 nitrogen and oxygen atoms in total.